The van der Waals surface area contributed by atoms with Gasteiger partial charge in [0.2, 0.25) is 12.2 Å². The van der Waals surface area contributed by atoms with Gasteiger partial charge in [0.1, 0.15) is 0 Å². The number of hydrogen-bond donors (Lipinski definition) is 2. The monoisotopic (exact) mass is 542 g/mol. The summed E-state index contributed by atoms with van der Waals surface area (Å²) in [6.45, 7) is 4.23. The largest absolute Gasteiger partial charge is 0.459 e. The van der Waals surface area contributed by atoms with E-state index < -0.39 is 18.1 Å². The second-order valence-electron chi connectivity index (χ2n) is 9.70. The number of para-hydroxylation sites is 1. The van der Waals surface area contributed by atoms with Crippen molar-refractivity contribution in [3.8, 4) is 5.69 Å². The Labute approximate surface area is 227 Å². The Morgan fingerprint density at radius 2 is 1.97 bits per heavy atom. The van der Waals surface area contributed by atoms with Gasteiger partial charge < -0.3 is 29.5 Å². The highest BCUT2D eigenvalue weighted by molar-refractivity contribution is 5.91. The highest BCUT2D eigenvalue weighted by Gasteiger charge is 2.33. The van der Waals surface area contributed by atoms with E-state index in [4.69, 9.17) is 19.3 Å². The van der Waals surface area contributed by atoms with Gasteiger partial charge in [-0.2, -0.15) is 0 Å². The lowest BCUT2D eigenvalue weighted by atomic mass is 9.93. The summed E-state index contributed by atoms with van der Waals surface area (Å²) in [6.07, 6.45) is 3.39. The molecule has 2 aromatic rings. The second kappa shape index (κ2) is 13.6. The van der Waals surface area contributed by atoms with E-state index in [-0.39, 0.29) is 43.7 Å². The second-order valence-corrected chi connectivity index (χ2v) is 9.70. The van der Waals surface area contributed by atoms with Crippen molar-refractivity contribution in [1.29, 1.82) is 0 Å². The van der Waals surface area contributed by atoms with Gasteiger partial charge in [-0.05, 0) is 38.0 Å². The lowest BCUT2D eigenvalue weighted by molar-refractivity contribution is -0.151. The van der Waals surface area contributed by atoms with Crippen LogP contribution in [0.15, 0.2) is 47.0 Å². The van der Waals surface area contributed by atoms with Crippen LogP contribution < -0.4 is 10.9 Å². The zero-order chi connectivity index (χ0) is 27.8. The average molecular weight is 543 g/mol. The van der Waals surface area contributed by atoms with Crippen LogP contribution in [0.2, 0.25) is 0 Å². The fourth-order valence-electron chi connectivity index (χ4n) is 5.04. The van der Waals surface area contributed by atoms with Crippen LogP contribution in [0.3, 0.4) is 0 Å². The first-order valence-corrected chi connectivity index (χ1v) is 13.5. The molecule has 39 heavy (non-hydrogen) atoms. The summed E-state index contributed by atoms with van der Waals surface area (Å²) in [5, 5.41) is 11.8. The van der Waals surface area contributed by atoms with Gasteiger partial charge in [0.15, 0.2) is 5.76 Å². The SMILES string of the molecule is Cc1c([C@H]2C=C(C(=O)NCCCN3CCCC3=O)O[C@@H](OCCOCCO)C2)c(=O)n(-c2ccccc2)n1C. The number of hydrogen-bond acceptors (Lipinski definition) is 7. The highest BCUT2D eigenvalue weighted by atomic mass is 16.7. The van der Waals surface area contributed by atoms with Crippen LogP contribution in [-0.4, -0.2) is 83.5 Å². The molecule has 2 aliphatic heterocycles. The molecular weight excluding hydrogens is 504 g/mol. The van der Waals surface area contributed by atoms with E-state index in [0.29, 0.717) is 37.9 Å². The van der Waals surface area contributed by atoms with E-state index in [1.807, 2.05) is 53.9 Å². The Morgan fingerprint density at radius 3 is 2.69 bits per heavy atom. The Kier molecular flexibility index (Phi) is 9.96. The summed E-state index contributed by atoms with van der Waals surface area (Å²) in [5.74, 6) is -0.549. The molecule has 2 atom stereocenters. The minimum absolute atomic E-state index is 0.0814. The van der Waals surface area contributed by atoms with Crippen molar-refractivity contribution in [1.82, 2.24) is 19.6 Å². The van der Waals surface area contributed by atoms with Crippen molar-refractivity contribution >= 4 is 11.8 Å². The molecule has 0 saturated carbocycles. The maximum absolute atomic E-state index is 13.6. The molecule has 212 valence electrons. The number of aliphatic hydroxyl groups excluding tert-OH is 1. The fraction of sp³-hybridized carbons (Fsp3) is 0.536. The molecule has 1 saturated heterocycles. The molecule has 0 unspecified atom stereocenters. The van der Waals surface area contributed by atoms with Crippen LogP contribution in [-0.2, 0) is 30.8 Å². The summed E-state index contributed by atoms with van der Waals surface area (Å²) in [4.78, 5) is 40.4. The number of rotatable bonds is 13. The Bertz CT molecular complexity index is 1220. The van der Waals surface area contributed by atoms with E-state index in [1.54, 1.807) is 10.8 Å². The number of nitrogens with zero attached hydrogens (tertiary/aromatic N) is 3. The van der Waals surface area contributed by atoms with Crippen LogP contribution in [0.5, 0.6) is 0 Å². The molecule has 11 heteroatoms. The average Bonchev–Trinajstić information content (AvgIpc) is 3.45. The molecule has 1 fully saturated rings. The van der Waals surface area contributed by atoms with Gasteiger partial charge in [0.25, 0.3) is 11.5 Å². The van der Waals surface area contributed by atoms with E-state index in [0.717, 1.165) is 24.3 Å². The van der Waals surface area contributed by atoms with Crippen molar-refractivity contribution in [2.75, 3.05) is 46.1 Å². The third-order valence-corrected chi connectivity index (χ3v) is 7.08. The summed E-state index contributed by atoms with van der Waals surface area (Å²) < 4.78 is 20.5. The number of aliphatic hydroxyl groups is 1. The molecular formula is C28H38N4O7. The Balaban J connectivity index is 1.50. The smallest absolute Gasteiger partial charge is 0.286 e. The first-order valence-electron chi connectivity index (χ1n) is 13.5. The normalized spacial score (nSPS) is 19.2. The molecule has 0 bridgehead atoms. The van der Waals surface area contributed by atoms with E-state index in [9.17, 15) is 14.4 Å². The molecule has 0 radical (unpaired) electrons. The van der Waals surface area contributed by atoms with Gasteiger partial charge >= 0.3 is 0 Å². The zero-order valence-corrected chi connectivity index (χ0v) is 22.6. The van der Waals surface area contributed by atoms with Crippen molar-refractivity contribution in [3.05, 3.63) is 63.8 Å². The van der Waals surface area contributed by atoms with Gasteiger partial charge in [-0.25, -0.2) is 4.68 Å². The lowest BCUT2D eigenvalue weighted by Gasteiger charge is -2.29. The number of allylic oxidation sites excluding steroid dienone is 1. The topological polar surface area (TPSA) is 124 Å². The fourth-order valence-corrected chi connectivity index (χ4v) is 5.04. The van der Waals surface area contributed by atoms with Gasteiger partial charge in [0, 0.05) is 56.7 Å². The lowest BCUT2D eigenvalue weighted by Crippen LogP contribution is -2.35. The first-order chi connectivity index (χ1) is 18.9. The van der Waals surface area contributed by atoms with Gasteiger partial charge in [-0.15, -0.1) is 0 Å². The number of amides is 2. The first kappa shape index (κ1) is 28.6. The number of carbonyl (C=O) groups is 2. The quantitative estimate of drug-likeness (QED) is 0.366. The van der Waals surface area contributed by atoms with Crippen LogP contribution in [0, 0.1) is 6.92 Å². The van der Waals surface area contributed by atoms with Crippen molar-refractivity contribution in [2.45, 2.75) is 44.8 Å². The minimum Gasteiger partial charge on any atom is -0.459 e. The number of ether oxygens (including phenoxy) is 3. The molecule has 1 aromatic carbocycles. The van der Waals surface area contributed by atoms with Crippen LogP contribution in [0.1, 0.15) is 42.9 Å². The molecule has 2 amide bonds. The maximum Gasteiger partial charge on any atom is 0.286 e. The summed E-state index contributed by atoms with van der Waals surface area (Å²) in [6, 6.07) is 9.40. The van der Waals surface area contributed by atoms with E-state index in [1.165, 1.54) is 0 Å². The molecule has 4 rings (SSSR count). The molecule has 0 aliphatic carbocycles. The van der Waals surface area contributed by atoms with Gasteiger partial charge in [-0.3, -0.25) is 19.1 Å². The summed E-state index contributed by atoms with van der Waals surface area (Å²) in [7, 11) is 1.83. The third-order valence-electron chi connectivity index (χ3n) is 7.08. The molecule has 2 N–H and O–H groups in total. The van der Waals surface area contributed by atoms with Gasteiger partial charge in [-0.1, -0.05) is 18.2 Å². The van der Waals surface area contributed by atoms with Crippen molar-refractivity contribution < 1.29 is 28.9 Å². The summed E-state index contributed by atoms with van der Waals surface area (Å²) in [5.41, 5.74) is 1.95. The summed E-state index contributed by atoms with van der Waals surface area (Å²) >= 11 is 0. The van der Waals surface area contributed by atoms with Crippen molar-refractivity contribution in [2.24, 2.45) is 7.05 Å². The highest BCUT2D eigenvalue weighted by Crippen LogP contribution is 2.32. The number of benzene rings is 1. The molecule has 0 spiro atoms. The Hall–Kier alpha value is -3.41. The standard InChI is InChI=1S/C28H38N4O7/c1-20-26(28(36)32(30(20)2)22-8-4-3-5-9-22)21-18-23(39-25(19-21)38-17-16-37-15-14-33)27(35)29-11-7-13-31-12-6-10-24(31)34/h3-5,8-9,18,21,25,33H,6-7,10-17,19H2,1-2H3,(H,29,35)/t21-,25+/m0/s1. The minimum atomic E-state index is -0.759. The predicted octanol–water partition coefficient (Wildman–Crippen LogP) is 1.35. The number of likely N-dealkylation sites (tertiary alicyclic amines) is 1. The predicted molar refractivity (Wildman–Crippen MR) is 143 cm³/mol. The van der Waals surface area contributed by atoms with Crippen LogP contribution in [0.4, 0.5) is 0 Å². The molecule has 2 aliphatic rings. The van der Waals surface area contributed by atoms with E-state index in [2.05, 4.69) is 5.32 Å². The molecule has 3 heterocycles. The van der Waals surface area contributed by atoms with E-state index >= 15 is 0 Å². The van der Waals surface area contributed by atoms with Crippen molar-refractivity contribution in [3.63, 3.8) is 0 Å². The Morgan fingerprint density at radius 1 is 1.18 bits per heavy atom. The number of aromatic nitrogens is 2. The number of nitrogens with one attached hydrogen (secondary N) is 1. The van der Waals surface area contributed by atoms with Crippen LogP contribution >= 0.6 is 0 Å². The maximum atomic E-state index is 13.6. The van der Waals surface area contributed by atoms with Crippen LogP contribution in [0.25, 0.3) is 5.69 Å². The molecule has 11 nitrogen and oxygen atoms in total. The third kappa shape index (κ3) is 6.97. The number of carbonyl (C=O) groups excluding carboxylic acids is 2. The molecule has 1 aromatic heterocycles. The zero-order valence-electron chi connectivity index (χ0n) is 22.6. The van der Waals surface area contributed by atoms with Gasteiger partial charge in [0.05, 0.1) is 32.1 Å².